The third-order valence-electron chi connectivity index (χ3n) is 4.56. The fourth-order valence-corrected chi connectivity index (χ4v) is 3.39. The summed E-state index contributed by atoms with van der Waals surface area (Å²) < 4.78 is 5.39. The molecule has 0 aromatic heterocycles. The quantitative estimate of drug-likeness (QED) is 0.723. The second-order valence-electron chi connectivity index (χ2n) is 8.85. The number of imide groups is 1. The minimum absolute atomic E-state index is 0.177. The molecule has 1 atom stereocenters. The van der Waals surface area contributed by atoms with Crippen LogP contribution in [-0.2, 0) is 14.4 Å². The number of carbonyl (C=O) groups is 4. The molecule has 3 rings (SSSR count). The topological polar surface area (TPSA) is 93.2 Å². The molecule has 1 saturated heterocycles. The van der Waals surface area contributed by atoms with Gasteiger partial charge in [0.15, 0.2) is 0 Å². The van der Waals surface area contributed by atoms with Crippen LogP contribution in [0.5, 0.6) is 0 Å². The summed E-state index contributed by atoms with van der Waals surface area (Å²) in [6.45, 7) is 9.33. The lowest BCUT2D eigenvalue weighted by atomic mass is 9.91. The van der Waals surface area contributed by atoms with Gasteiger partial charge in [-0.25, -0.2) is 9.59 Å². The number of hydrogen-bond acceptors (Lipinski definition) is 6. The Morgan fingerprint density at radius 2 is 1.61 bits per heavy atom. The zero-order valence-electron chi connectivity index (χ0n) is 16.6. The average Bonchev–Trinajstić information content (AvgIpc) is 3.03. The van der Waals surface area contributed by atoms with Crippen LogP contribution in [0.25, 0.3) is 0 Å². The normalized spacial score (nSPS) is 21.0. The molecule has 2 aliphatic rings. The van der Waals surface area contributed by atoms with E-state index in [2.05, 4.69) is 0 Å². The maximum absolute atomic E-state index is 12.8. The molecule has 0 saturated carbocycles. The highest BCUT2D eigenvalue weighted by Gasteiger charge is 2.48. The summed E-state index contributed by atoms with van der Waals surface area (Å²) in [7, 11) is 0. The highest BCUT2D eigenvalue weighted by Crippen LogP contribution is 2.36. The molecule has 1 aromatic rings. The van der Waals surface area contributed by atoms with Gasteiger partial charge in [0.2, 0.25) is 0 Å². The lowest BCUT2D eigenvalue weighted by molar-refractivity contribution is -0.173. The van der Waals surface area contributed by atoms with E-state index in [1.54, 1.807) is 32.9 Å². The number of hydrogen-bond donors (Lipinski definition) is 0. The smallest absolute Gasteiger partial charge is 0.411 e. The van der Waals surface area contributed by atoms with Gasteiger partial charge in [0.25, 0.3) is 11.8 Å². The molecule has 0 aliphatic carbocycles. The van der Waals surface area contributed by atoms with Gasteiger partial charge in [-0.3, -0.25) is 14.5 Å². The van der Waals surface area contributed by atoms with Gasteiger partial charge in [-0.05, 0) is 44.7 Å². The van der Waals surface area contributed by atoms with E-state index in [9.17, 15) is 19.2 Å². The SMILES string of the molecule is CC1(C)CC(C(=O)ON2C(=O)c3ccccc3C2=O)N(C(=O)OC(C)(C)C)C1. The predicted octanol–water partition coefficient (Wildman–Crippen LogP) is 2.78. The molecule has 0 radical (unpaired) electrons. The van der Waals surface area contributed by atoms with Gasteiger partial charge in [0, 0.05) is 6.54 Å². The number of ether oxygens (including phenoxy) is 1. The third kappa shape index (κ3) is 3.72. The first-order chi connectivity index (χ1) is 12.9. The monoisotopic (exact) mass is 388 g/mol. The number of likely N-dealkylation sites (tertiary alicyclic amines) is 1. The van der Waals surface area contributed by atoms with E-state index in [4.69, 9.17) is 9.57 Å². The molecule has 0 N–H and O–H groups in total. The Kier molecular flexibility index (Phi) is 4.69. The first-order valence-corrected chi connectivity index (χ1v) is 9.09. The average molecular weight is 388 g/mol. The fourth-order valence-electron chi connectivity index (χ4n) is 3.39. The van der Waals surface area contributed by atoms with Crippen LogP contribution in [0.15, 0.2) is 24.3 Å². The Bertz CT molecular complexity index is 819. The lowest BCUT2D eigenvalue weighted by Gasteiger charge is -2.28. The fraction of sp³-hybridized carbons (Fsp3) is 0.500. The molecule has 0 spiro atoms. The first-order valence-electron chi connectivity index (χ1n) is 9.09. The van der Waals surface area contributed by atoms with Crippen molar-refractivity contribution in [1.29, 1.82) is 0 Å². The molecule has 0 bridgehead atoms. The molecular formula is C20H24N2O6. The van der Waals surface area contributed by atoms with Crippen molar-refractivity contribution in [1.82, 2.24) is 9.96 Å². The van der Waals surface area contributed by atoms with Gasteiger partial charge in [-0.1, -0.05) is 31.0 Å². The van der Waals surface area contributed by atoms with E-state index >= 15 is 0 Å². The zero-order valence-corrected chi connectivity index (χ0v) is 16.6. The Labute approximate surface area is 163 Å². The standard InChI is InChI=1S/C20H24N2O6/c1-19(2,3)27-18(26)21-11-20(4,5)10-14(21)17(25)28-22-15(23)12-8-6-7-9-13(12)16(22)24/h6-9,14H,10-11H2,1-5H3. The molecule has 3 amide bonds. The van der Waals surface area contributed by atoms with E-state index in [-0.39, 0.29) is 16.5 Å². The minimum Gasteiger partial charge on any atom is -0.444 e. The number of fused-ring (bicyclic) bond motifs is 1. The van der Waals surface area contributed by atoms with Crippen molar-refractivity contribution in [2.24, 2.45) is 5.41 Å². The minimum atomic E-state index is -0.950. The Morgan fingerprint density at radius 3 is 2.11 bits per heavy atom. The van der Waals surface area contributed by atoms with Crippen LogP contribution in [0.4, 0.5) is 4.79 Å². The summed E-state index contributed by atoms with van der Waals surface area (Å²) in [4.78, 5) is 56.6. The van der Waals surface area contributed by atoms with E-state index in [1.165, 1.54) is 17.0 Å². The molecule has 2 heterocycles. The molecule has 1 unspecified atom stereocenters. The van der Waals surface area contributed by atoms with Crippen molar-refractivity contribution in [3.8, 4) is 0 Å². The zero-order chi connectivity index (χ0) is 20.9. The number of rotatable bonds is 2. The number of benzene rings is 1. The summed E-state index contributed by atoms with van der Waals surface area (Å²) in [6, 6.07) is 5.29. The Morgan fingerprint density at radius 1 is 1.07 bits per heavy atom. The van der Waals surface area contributed by atoms with E-state index < -0.39 is 35.5 Å². The molecule has 2 aliphatic heterocycles. The Balaban J connectivity index is 1.78. The number of amides is 3. The van der Waals surface area contributed by atoms with Crippen LogP contribution in [0.2, 0.25) is 0 Å². The first kappa shape index (κ1) is 19.9. The van der Waals surface area contributed by atoms with Crippen molar-refractivity contribution < 1.29 is 28.8 Å². The Hall–Kier alpha value is -2.90. The maximum atomic E-state index is 12.8. The van der Waals surface area contributed by atoms with Crippen LogP contribution in [0.3, 0.4) is 0 Å². The third-order valence-corrected chi connectivity index (χ3v) is 4.56. The van der Waals surface area contributed by atoms with Crippen LogP contribution >= 0.6 is 0 Å². The van der Waals surface area contributed by atoms with Gasteiger partial charge >= 0.3 is 12.1 Å². The molecule has 8 heteroatoms. The van der Waals surface area contributed by atoms with Gasteiger partial charge in [-0.2, -0.15) is 0 Å². The van der Waals surface area contributed by atoms with E-state index in [0.717, 1.165) is 0 Å². The number of nitrogens with zero attached hydrogens (tertiary/aromatic N) is 2. The second-order valence-corrected chi connectivity index (χ2v) is 8.85. The van der Waals surface area contributed by atoms with Crippen molar-refractivity contribution in [2.45, 2.75) is 52.7 Å². The summed E-state index contributed by atoms with van der Waals surface area (Å²) in [6.07, 6.45) is -0.309. The second kappa shape index (κ2) is 6.61. The maximum Gasteiger partial charge on any atom is 0.411 e. The van der Waals surface area contributed by atoms with Crippen LogP contribution in [0.1, 0.15) is 61.8 Å². The van der Waals surface area contributed by atoms with E-state index in [1.807, 2.05) is 13.8 Å². The van der Waals surface area contributed by atoms with Gasteiger partial charge in [0.1, 0.15) is 11.6 Å². The molecule has 1 aromatic carbocycles. The summed E-state index contributed by atoms with van der Waals surface area (Å²) in [5.74, 6) is -2.24. The van der Waals surface area contributed by atoms with Gasteiger partial charge in [0.05, 0.1) is 11.1 Å². The summed E-state index contributed by atoms with van der Waals surface area (Å²) >= 11 is 0. The van der Waals surface area contributed by atoms with Crippen LogP contribution < -0.4 is 0 Å². The highest BCUT2D eigenvalue weighted by molar-refractivity contribution is 6.20. The molecule has 8 nitrogen and oxygen atoms in total. The van der Waals surface area contributed by atoms with Gasteiger partial charge < -0.3 is 9.57 Å². The summed E-state index contributed by atoms with van der Waals surface area (Å²) in [5.41, 5.74) is -0.712. The lowest BCUT2D eigenvalue weighted by Crippen LogP contribution is -2.46. The molecular weight excluding hydrogens is 364 g/mol. The largest absolute Gasteiger partial charge is 0.444 e. The van der Waals surface area contributed by atoms with Crippen LogP contribution in [0, 0.1) is 5.41 Å². The highest BCUT2D eigenvalue weighted by atomic mass is 16.7. The van der Waals surface area contributed by atoms with Crippen LogP contribution in [-0.4, -0.2) is 52.0 Å². The molecule has 28 heavy (non-hydrogen) atoms. The number of carbonyl (C=O) groups excluding carboxylic acids is 4. The molecule has 1 fully saturated rings. The predicted molar refractivity (Wildman–Crippen MR) is 98.2 cm³/mol. The summed E-state index contributed by atoms with van der Waals surface area (Å²) in [5, 5.41) is 0.464. The van der Waals surface area contributed by atoms with E-state index in [0.29, 0.717) is 18.0 Å². The van der Waals surface area contributed by atoms with Crippen molar-refractivity contribution in [2.75, 3.05) is 6.54 Å². The number of hydroxylamine groups is 2. The van der Waals surface area contributed by atoms with Crippen molar-refractivity contribution >= 4 is 23.9 Å². The van der Waals surface area contributed by atoms with Crippen molar-refractivity contribution in [3.05, 3.63) is 35.4 Å². The molecule has 150 valence electrons. The van der Waals surface area contributed by atoms with Crippen molar-refractivity contribution in [3.63, 3.8) is 0 Å². The van der Waals surface area contributed by atoms with Gasteiger partial charge in [-0.15, -0.1) is 0 Å².